The minimum atomic E-state index is -0.469. The van der Waals surface area contributed by atoms with E-state index in [9.17, 15) is 5.11 Å². The van der Waals surface area contributed by atoms with Crippen molar-refractivity contribution in [3.8, 4) is 0 Å². The standard InChI is InChI=1S/C14H16BrNO2/c1-10(17)13-6-5-11(8-14(13)15)16(2)9-12-4-3-7-18-12/h3-8,10,17H,9H2,1-2H3/t10-/m0/s1. The Morgan fingerprint density at radius 3 is 2.72 bits per heavy atom. The van der Waals surface area contributed by atoms with Crippen molar-refractivity contribution in [2.45, 2.75) is 19.6 Å². The SMILES string of the molecule is C[C@H](O)c1ccc(N(C)Cc2ccco2)cc1Br. The van der Waals surface area contributed by atoms with Crippen LogP contribution in [0.3, 0.4) is 0 Å². The quantitative estimate of drug-likeness (QED) is 0.935. The van der Waals surface area contributed by atoms with E-state index in [1.54, 1.807) is 13.2 Å². The molecule has 1 aromatic heterocycles. The maximum absolute atomic E-state index is 9.58. The molecule has 0 spiro atoms. The average Bonchev–Trinajstić information content (AvgIpc) is 2.81. The van der Waals surface area contributed by atoms with Gasteiger partial charge in [0.05, 0.1) is 18.9 Å². The lowest BCUT2D eigenvalue weighted by Gasteiger charge is -2.19. The highest BCUT2D eigenvalue weighted by Gasteiger charge is 2.09. The normalized spacial score (nSPS) is 12.4. The molecule has 3 nitrogen and oxygen atoms in total. The molecule has 0 saturated heterocycles. The smallest absolute Gasteiger partial charge is 0.123 e. The van der Waals surface area contributed by atoms with Gasteiger partial charge in [0.1, 0.15) is 5.76 Å². The molecule has 0 fully saturated rings. The molecule has 0 radical (unpaired) electrons. The summed E-state index contributed by atoms with van der Waals surface area (Å²) in [6.07, 6.45) is 1.21. The molecule has 1 N–H and O–H groups in total. The van der Waals surface area contributed by atoms with Gasteiger partial charge in [-0.15, -0.1) is 0 Å². The van der Waals surface area contributed by atoms with Gasteiger partial charge < -0.3 is 14.4 Å². The second-order valence-corrected chi connectivity index (χ2v) is 5.17. The largest absolute Gasteiger partial charge is 0.467 e. The summed E-state index contributed by atoms with van der Waals surface area (Å²) in [5.74, 6) is 0.924. The van der Waals surface area contributed by atoms with Gasteiger partial charge in [-0.1, -0.05) is 22.0 Å². The van der Waals surface area contributed by atoms with Gasteiger partial charge in [0.15, 0.2) is 0 Å². The predicted octanol–water partition coefficient (Wildman–Crippen LogP) is 3.73. The third kappa shape index (κ3) is 2.94. The molecule has 0 saturated carbocycles. The van der Waals surface area contributed by atoms with E-state index in [4.69, 9.17) is 4.42 Å². The van der Waals surface area contributed by atoms with Gasteiger partial charge in [0.2, 0.25) is 0 Å². The van der Waals surface area contributed by atoms with E-state index in [2.05, 4.69) is 20.8 Å². The highest BCUT2D eigenvalue weighted by molar-refractivity contribution is 9.10. The van der Waals surface area contributed by atoms with Crippen molar-refractivity contribution in [3.05, 3.63) is 52.4 Å². The van der Waals surface area contributed by atoms with E-state index in [-0.39, 0.29) is 0 Å². The van der Waals surface area contributed by atoms with Crippen molar-refractivity contribution in [1.82, 2.24) is 0 Å². The summed E-state index contributed by atoms with van der Waals surface area (Å²) < 4.78 is 6.24. The van der Waals surface area contributed by atoms with E-state index in [0.29, 0.717) is 6.54 Å². The minimum absolute atomic E-state index is 0.469. The van der Waals surface area contributed by atoms with Gasteiger partial charge in [0.25, 0.3) is 0 Å². The fourth-order valence-corrected chi connectivity index (χ4v) is 2.52. The van der Waals surface area contributed by atoms with Crippen LogP contribution in [0.2, 0.25) is 0 Å². The molecule has 0 aliphatic carbocycles. The molecule has 1 heterocycles. The first-order valence-electron chi connectivity index (χ1n) is 5.79. The summed E-state index contributed by atoms with van der Waals surface area (Å²) in [6, 6.07) is 9.77. The van der Waals surface area contributed by atoms with Crippen LogP contribution in [0.15, 0.2) is 45.5 Å². The molecule has 4 heteroatoms. The van der Waals surface area contributed by atoms with Gasteiger partial charge in [-0.05, 0) is 36.8 Å². The second-order valence-electron chi connectivity index (χ2n) is 4.32. The van der Waals surface area contributed by atoms with Gasteiger partial charge in [0, 0.05) is 17.2 Å². The molecule has 0 aliphatic rings. The molecule has 96 valence electrons. The number of rotatable bonds is 4. The van der Waals surface area contributed by atoms with Gasteiger partial charge >= 0.3 is 0 Å². The second kappa shape index (κ2) is 5.59. The highest BCUT2D eigenvalue weighted by Crippen LogP contribution is 2.28. The number of aliphatic hydroxyl groups is 1. The van der Waals surface area contributed by atoms with Crippen molar-refractivity contribution in [2.75, 3.05) is 11.9 Å². The van der Waals surface area contributed by atoms with Crippen LogP contribution >= 0.6 is 15.9 Å². The Hall–Kier alpha value is -1.26. The van der Waals surface area contributed by atoms with Crippen LogP contribution < -0.4 is 4.90 Å². The van der Waals surface area contributed by atoms with E-state index in [0.717, 1.165) is 21.5 Å². The Morgan fingerprint density at radius 2 is 2.17 bits per heavy atom. The number of nitrogens with zero attached hydrogens (tertiary/aromatic N) is 1. The molecule has 2 aromatic rings. The van der Waals surface area contributed by atoms with Crippen LogP contribution in [0.25, 0.3) is 0 Å². The lowest BCUT2D eigenvalue weighted by atomic mass is 10.1. The first-order valence-corrected chi connectivity index (χ1v) is 6.58. The summed E-state index contributed by atoms with van der Waals surface area (Å²) >= 11 is 3.48. The molecule has 0 amide bonds. The number of benzene rings is 1. The van der Waals surface area contributed by atoms with Crippen LogP contribution in [0.5, 0.6) is 0 Å². The maximum Gasteiger partial charge on any atom is 0.123 e. The van der Waals surface area contributed by atoms with Gasteiger partial charge in [-0.25, -0.2) is 0 Å². The van der Waals surface area contributed by atoms with Gasteiger partial charge in [-0.3, -0.25) is 0 Å². The fraction of sp³-hybridized carbons (Fsp3) is 0.286. The first-order chi connectivity index (χ1) is 8.58. The predicted molar refractivity (Wildman–Crippen MR) is 75.6 cm³/mol. The number of hydrogen-bond donors (Lipinski definition) is 1. The van der Waals surface area contributed by atoms with Crippen molar-refractivity contribution in [3.63, 3.8) is 0 Å². The molecule has 0 bridgehead atoms. The lowest BCUT2D eigenvalue weighted by Crippen LogP contribution is -2.16. The van der Waals surface area contributed by atoms with Gasteiger partial charge in [-0.2, -0.15) is 0 Å². The van der Waals surface area contributed by atoms with Crippen molar-refractivity contribution in [1.29, 1.82) is 0 Å². The summed E-state index contributed by atoms with van der Waals surface area (Å²) in [4.78, 5) is 2.09. The molecule has 0 unspecified atom stereocenters. The molecule has 0 aliphatic heterocycles. The summed E-state index contributed by atoms with van der Waals surface area (Å²) in [5.41, 5.74) is 1.97. The van der Waals surface area contributed by atoms with Crippen LogP contribution in [0.4, 0.5) is 5.69 Å². The highest BCUT2D eigenvalue weighted by atomic mass is 79.9. The average molecular weight is 310 g/mol. The minimum Gasteiger partial charge on any atom is -0.467 e. The van der Waals surface area contributed by atoms with E-state index >= 15 is 0 Å². The third-order valence-corrected chi connectivity index (χ3v) is 3.53. The Bertz CT molecular complexity index is 509. The van der Waals surface area contributed by atoms with E-state index in [1.165, 1.54) is 0 Å². The molecule has 18 heavy (non-hydrogen) atoms. The van der Waals surface area contributed by atoms with Crippen molar-refractivity contribution < 1.29 is 9.52 Å². The van der Waals surface area contributed by atoms with Crippen LogP contribution in [-0.4, -0.2) is 12.2 Å². The number of anilines is 1. The van der Waals surface area contributed by atoms with Crippen LogP contribution in [-0.2, 0) is 6.54 Å². The first kappa shape index (κ1) is 13.2. The van der Waals surface area contributed by atoms with Crippen LogP contribution in [0.1, 0.15) is 24.4 Å². The third-order valence-electron chi connectivity index (χ3n) is 2.85. The maximum atomic E-state index is 9.58. The van der Waals surface area contributed by atoms with Crippen molar-refractivity contribution >= 4 is 21.6 Å². The molecular formula is C14H16BrNO2. The Balaban J connectivity index is 2.16. The lowest BCUT2D eigenvalue weighted by molar-refractivity contribution is 0.198. The Labute approximate surface area is 115 Å². The Kier molecular flexibility index (Phi) is 4.09. The zero-order chi connectivity index (χ0) is 13.1. The number of furan rings is 1. The number of halogens is 1. The Morgan fingerprint density at radius 1 is 1.39 bits per heavy atom. The molecular weight excluding hydrogens is 294 g/mol. The van der Waals surface area contributed by atoms with E-state index in [1.807, 2.05) is 37.4 Å². The topological polar surface area (TPSA) is 36.6 Å². The summed E-state index contributed by atoms with van der Waals surface area (Å²) in [7, 11) is 2.01. The molecule has 1 atom stereocenters. The molecule has 1 aromatic carbocycles. The summed E-state index contributed by atoms with van der Waals surface area (Å²) in [6.45, 7) is 2.47. The zero-order valence-electron chi connectivity index (χ0n) is 10.4. The monoisotopic (exact) mass is 309 g/mol. The number of hydrogen-bond acceptors (Lipinski definition) is 3. The zero-order valence-corrected chi connectivity index (χ0v) is 12.0. The summed E-state index contributed by atoms with van der Waals surface area (Å²) in [5, 5.41) is 9.58. The van der Waals surface area contributed by atoms with E-state index < -0.39 is 6.10 Å². The van der Waals surface area contributed by atoms with Crippen molar-refractivity contribution in [2.24, 2.45) is 0 Å². The fourth-order valence-electron chi connectivity index (χ4n) is 1.82. The van der Waals surface area contributed by atoms with Crippen LogP contribution in [0, 0.1) is 0 Å². The molecule has 2 rings (SSSR count). The number of aliphatic hydroxyl groups excluding tert-OH is 1.